The van der Waals surface area contributed by atoms with Crippen LogP contribution in [-0.2, 0) is 20.9 Å². The third kappa shape index (κ3) is 7.94. The van der Waals surface area contributed by atoms with Crippen molar-refractivity contribution in [2.75, 3.05) is 50.8 Å². The maximum absolute atomic E-state index is 13.2. The highest BCUT2D eigenvalue weighted by atomic mass is 16.5. The van der Waals surface area contributed by atoms with Crippen molar-refractivity contribution in [2.45, 2.75) is 63.6 Å². The molecule has 0 bridgehead atoms. The van der Waals surface area contributed by atoms with Crippen LogP contribution in [0.2, 0.25) is 0 Å². The van der Waals surface area contributed by atoms with Crippen molar-refractivity contribution in [1.29, 1.82) is 0 Å². The van der Waals surface area contributed by atoms with Crippen molar-refractivity contribution in [1.82, 2.24) is 15.1 Å². The molecular weight excluding hydrogens is 705 g/mol. The van der Waals surface area contributed by atoms with Crippen LogP contribution in [-0.4, -0.2) is 90.2 Å². The Balaban J connectivity index is 0.833. The lowest BCUT2D eigenvalue weighted by molar-refractivity contribution is -0.136. The van der Waals surface area contributed by atoms with Gasteiger partial charge in [-0.2, -0.15) is 0 Å². The zero-order chi connectivity index (χ0) is 38.6. The quantitative estimate of drug-likeness (QED) is 0.0994. The van der Waals surface area contributed by atoms with Crippen molar-refractivity contribution in [3.05, 3.63) is 125 Å². The van der Waals surface area contributed by atoms with Crippen LogP contribution in [0.1, 0.15) is 78.1 Å². The van der Waals surface area contributed by atoms with Crippen molar-refractivity contribution in [2.24, 2.45) is 0 Å². The van der Waals surface area contributed by atoms with E-state index in [2.05, 4.69) is 76.6 Å². The predicted octanol–water partition coefficient (Wildman–Crippen LogP) is 6.66. The van der Waals surface area contributed by atoms with E-state index in [0.717, 1.165) is 98.7 Å². The van der Waals surface area contributed by atoms with Crippen LogP contribution in [0, 0.1) is 0 Å². The number of anilines is 1. The Morgan fingerprint density at radius 1 is 0.893 bits per heavy atom. The van der Waals surface area contributed by atoms with Gasteiger partial charge < -0.3 is 24.4 Å². The number of aromatic hydroxyl groups is 1. The predicted molar refractivity (Wildman–Crippen MR) is 216 cm³/mol. The number of piperidine rings is 2. The fourth-order valence-electron chi connectivity index (χ4n) is 8.85. The molecule has 10 nitrogen and oxygen atoms in total. The summed E-state index contributed by atoms with van der Waals surface area (Å²) in [6.45, 7) is 8.41. The highest BCUT2D eigenvalue weighted by Crippen LogP contribution is 2.37. The van der Waals surface area contributed by atoms with E-state index in [1.807, 2.05) is 30.3 Å². The fraction of sp³-hybridized carbons (Fsp3) is 0.370. The molecule has 0 saturated carbocycles. The van der Waals surface area contributed by atoms with Crippen LogP contribution in [0.4, 0.5) is 5.69 Å². The molecule has 10 heteroatoms. The summed E-state index contributed by atoms with van der Waals surface area (Å²) >= 11 is 0. The first-order valence-electron chi connectivity index (χ1n) is 20.0. The van der Waals surface area contributed by atoms with E-state index in [4.69, 9.17) is 9.47 Å². The third-order valence-corrected chi connectivity index (χ3v) is 11.8. The molecule has 0 aliphatic carbocycles. The number of allylic oxidation sites excluding steroid dienone is 1. The molecule has 4 heterocycles. The molecule has 290 valence electrons. The monoisotopic (exact) mass is 754 g/mol. The van der Waals surface area contributed by atoms with Crippen LogP contribution in [0.25, 0.3) is 11.1 Å². The number of carbonyl (C=O) groups is 3. The summed E-state index contributed by atoms with van der Waals surface area (Å²) in [5, 5.41) is 12.3. The number of hydrogen-bond acceptors (Lipinski definition) is 8. The SMILES string of the molecule is CCC(=C(c1ccc(O)cc1)c1ccc(OCCCN2CCOC3(CCN(c4ccc5c(c4)CN(C4CCC(=O)NC4=O)C5=O)CC3)C2)cc1)c1ccccc1. The molecule has 3 amide bonds. The standard InChI is InChI=1S/C46H50N4O6/c1-2-39(32-7-4-3-5-8-32)43(33-9-14-37(51)15-10-33)34-11-16-38(17-12-34)55-27-6-23-48-26-28-56-46(31-48)21-24-49(25-22-46)36-13-18-40-35(29-36)30-50(45(40)54)41-19-20-42(52)47-44(41)53/h3-5,7-18,29,41,51H,2,6,19-28,30-31H2,1H3,(H,47,52,53). The number of phenolic OH excluding ortho intramolecular Hbond substituents is 1. The second-order valence-electron chi connectivity index (χ2n) is 15.4. The van der Waals surface area contributed by atoms with Crippen LogP contribution in [0.3, 0.4) is 0 Å². The second-order valence-corrected chi connectivity index (χ2v) is 15.4. The van der Waals surface area contributed by atoms with E-state index < -0.39 is 6.04 Å². The van der Waals surface area contributed by atoms with E-state index in [1.165, 1.54) is 11.1 Å². The lowest BCUT2D eigenvalue weighted by Crippen LogP contribution is -2.57. The number of imide groups is 1. The van der Waals surface area contributed by atoms with Gasteiger partial charge >= 0.3 is 0 Å². The highest BCUT2D eigenvalue weighted by Gasteiger charge is 2.41. The minimum absolute atomic E-state index is 0.143. The number of carbonyl (C=O) groups excluding carboxylic acids is 3. The van der Waals surface area contributed by atoms with E-state index >= 15 is 0 Å². The zero-order valence-corrected chi connectivity index (χ0v) is 32.0. The summed E-state index contributed by atoms with van der Waals surface area (Å²) in [5.74, 6) is 0.293. The summed E-state index contributed by atoms with van der Waals surface area (Å²) in [5.41, 5.74) is 8.25. The molecule has 4 aliphatic rings. The Hall–Kier alpha value is -5.45. The number of nitrogens with one attached hydrogen (secondary N) is 1. The maximum atomic E-state index is 13.2. The molecule has 1 unspecified atom stereocenters. The van der Waals surface area contributed by atoms with Crippen LogP contribution in [0.15, 0.2) is 97.1 Å². The van der Waals surface area contributed by atoms with Crippen molar-refractivity contribution in [3.63, 3.8) is 0 Å². The van der Waals surface area contributed by atoms with Gasteiger partial charge in [-0.25, -0.2) is 0 Å². The van der Waals surface area contributed by atoms with Gasteiger partial charge in [-0.05, 0) is 108 Å². The first-order valence-corrected chi connectivity index (χ1v) is 20.0. The van der Waals surface area contributed by atoms with Crippen LogP contribution in [0.5, 0.6) is 11.5 Å². The molecule has 0 radical (unpaired) electrons. The Bertz CT molecular complexity index is 2090. The first kappa shape index (κ1) is 37.5. The summed E-state index contributed by atoms with van der Waals surface area (Å²) in [7, 11) is 0. The molecule has 1 atom stereocenters. The second kappa shape index (κ2) is 16.3. The van der Waals surface area contributed by atoms with Gasteiger partial charge in [0.15, 0.2) is 0 Å². The van der Waals surface area contributed by atoms with Crippen molar-refractivity contribution in [3.8, 4) is 11.5 Å². The van der Waals surface area contributed by atoms with Gasteiger partial charge in [-0.15, -0.1) is 0 Å². The molecule has 1 spiro atoms. The van der Waals surface area contributed by atoms with E-state index in [9.17, 15) is 19.5 Å². The van der Waals surface area contributed by atoms with Crippen molar-refractivity contribution >= 4 is 34.6 Å². The van der Waals surface area contributed by atoms with E-state index in [-0.39, 0.29) is 35.5 Å². The van der Waals surface area contributed by atoms with Crippen molar-refractivity contribution < 1.29 is 29.0 Å². The third-order valence-electron chi connectivity index (χ3n) is 11.8. The van der Waals surface area contributed by atoms with Crippen LogP contribution < -0.4 is 15.0 Å². The smallest absolute Gasteiger partial charge is 0.255 e. The van der Waals surface area contributed by atoms with Crippen LogP contribution >= 0.6 is 0 Å². The normalized spacial score (nSPS) is 20.2. The minimum atomic E-state index is -0.607. The summed E-state index contributed by atoms with van der Waals surface area (Å²) < 4.78 is 12.7. The van der Waals surface area contributed by atoms with E-state index in [0.29, 0.717) is 25.1 Å². The molecule has 4 aromatic rings. The molecule has 4 aromatic carbocycles. The molecule has 2 N–H and O–H groups in total. The molecule has 8 rings (SSSR count). The topological polar surface area (TPSA) is 112 Å². The van der Waals surface area contributed by atoms with Gasteiger partial charge in [-0.3, -0.25) is 24.6 Å². The number of morpholine rings is 1. The Kier molecular flexibility index (Phi) is 10.9. The number of rotatable bonds is 11. The average Bonchev–Trinajstić information content (AvgIpc) is 3.54. The number of nitrogens with zero attached hydrogens (tertiary/aromatic N) is 3. The number of ether oxygens (including phenoxy) is 2. The minimum Gasteiger partial charge on any atom is -0.508 e. The molecule has 4 aliphatic heterocycles. The van der Waals surface area contributed by atoms with Gasteiger partial charge in [-0.1, -0.05) is 61.5 Å². The van der Waals surface area contributed by atoms with Gasteiger partial charge in [0.2, 0.25) is 11.8 Å². The van der Waals surface area contributed by atoms with Gasteiger partial charge in [0.05, 0.1) is 18.8 Å². The maximum Gasteiger partial charge on any atom is 0.255 e. The number of fused-ring (bicyclic) bond motifs is 1. The summed E-state index contributed by atoms with van der Waals surface area (Å²) in [6.07, 6.45) is 4.25. The Morgan fingerprint density at radius 3 is 2.34 bits per heavy atom. The Morgan fingerprint density at radius 2 is 1.62 bits per heavy atom. The molecule has 0 aromatic heterocycles. The highest BCUT2D eigenvalue weighted by molar-refractivity contribution is 6.05. The molecular formula is C46H50N4O6. The summed E-state index contributed by atoms with van der Waals surface area (Å²) in [6, 6.07) is 31.7. The fourth-order valence-corrected chi connectivity index (χ4v) is 8.85. The number of amides is 3. The summed E-state index contributed by atoms with van der Waals surface area (Å²) in [4.78, 5) is 43.8. The largest absolute Gasteiger partial charge is 0.508 e. The van der Waals surface area contributed by atoms with Gasteiger partial charge in [0, 0.05) is 56.9 Å². The van der Waals surface area contributed by atoms with Gasteiger partial charge in [0.25, 0.3) is 5.91 Å². The Labute approximate surface area is 328 Å². The average molecular weight is 755 g/mol. The number of phenols is 1. The van der Waals surface area contributed by atoms with Gasteiger partial charge in [0.1, 0.15) is 17.5 Å². The number of hydrogen-bond donors (Lipinski definition) is 2. The van der Waals surface area contributed by atoms with E-state index in [1.54, 1.807) is 17.0 Å². The number of benzene rings is 4. The first-order chi connectivity index (χ1) is 27.3. The zero-order valence-electron chi connectivity index (χ0n) is 32.0. The molecule has 56 heavy (non-hydrogen) atoms. The molecule has 3 fully saturated rings. The lowest BCUT2D eigenvalue weighted by Gasteiger charge is -2.48. The lowest BCUT2D eigenvalue weighted by atomic mass is 9.88. The molecule has 3 saturated heterocycles.